The van der Waals surface area contributed by atoms with Crippen molar-refractivity contribution in [2.24, 2.45) is 0 Å². The predicted molar refractivity (Wildman–Crippen MR) is 105 cm³/mol. The van der Waals surface area contributed by atoms with Crippen LogP contribution < -0.4 is 0 Å². The molecule has 3 aromatic rings. The Labute approximate surface area is 175 Å². The van der Waals surface area contributed by atoms with Crippen LogP contribution >= 0.6 is 0 Å². The van der Waals surface area contributed by atoms with Crippen LogP contribution in [0.15, 0.2) is 42.5 Å². The minimum atomic E-state index is -4.71. The molecule has 2 aromatic heterocycles. The summed E-state index contributed by atoms with van der Waals surface area (Å²) in [4.78, 5) is 18.5. The number of hydrogen-bond acceptors (Lipinski definition) is 5. The molecule has 2 N–H and O–H groups in total. The van der Waals surface area contributed by atoms with Crippen molar-refractivity contribution in [2.75, 3.05) is 13.1 Å². The van der Waals surface area contributed by atoms with Crippen LogP contribution in [0, 0.1) is 0 Å². The maximum atomic E-state index is 13.7. The number of nitrogens with zero attached hydrogens (tertiary/aromatic N) is 4. The summed E-state index contributed by atoms with van der Waals surface area (Å²) in [5.74, 6) is -0.618. The summed E-state index contributed by atoms with van der Waals surface area (Å²) in [6.45, 7) is 0.188. The Hall–Kier alpha value is -2.98. The van der Waals surface area contributed by atoms with Gasteiger partial charge in [-0.25, -0.2) is 9.50 Å². The first-order chi connectivity index (χ1) is 14.7. The lowest BCUT2D eigenvalue weighted by Gasteiger charge is -2.29. The second-order valence-corrected chi connectivity index (χ2v) is 7.57. The highest BCUT2D eigenvalue weighted by atomic mass is 19.4. The molecule has 164 valence electrons. The summed E-state index contributed by atoms with van der Waals surface area (Å²) in [6.07, 6.45) is -5.14. The number of hydrogen-bond donors (Lipinski definition) is 2. The second kappa shape index (κ2) is 8.27. The van der Waals surface area contributed by atoms with Crippen LogP contribution in [-0.4, -0.2) is 60.9 Å². The minimum absolute atomic E-state index is 0.107. The maximum Gasteiger partial charge on any atom is 0.433 e. The molecule has 4 rings (SSSR count). The fraction of sp³-hybridized carbons (Fsp3) is 0.381. The molecular formula is C21H21F3N4O3. The largest absolute Gasteiger partial charge is 0.433 e. The van der Waals surface area contributed by atoms with Gasteiger partial charge >= 0.3 is 6.18 Å². The molecule has 1 amide bonds. The number of aromatic nitrogens is 3. The van der Waals surface area contributed by atoms with E-state index in [1.807, 2.05) is 0 Å². The van der Waals surface area contributed by atoms with E-state index in [1.54, 1.807) is 30.3 Å². The van der Waals surface area contributed by atoms with E-state index in [-0.39, 0.29) is 23.6 Å². The maximum absolute atomic E-state index is 13.7. The van der Waals surface area contributed by atoms with Crippen molar-refractivity contribution in [3.05, 3.63) is 53.9 Å². The van der Waals surface area contributed by atoms with Gasteiger partial charge in [-0.1, -0.05) is 30.3 Å². The minimum Gasteiger partial charge on any atom is -0.390 e. The molecule has 1 saturated heterocycles. The molecule has 1 fully saturated rings. The number of aliphatic hydroxyl groups is 2. The molecule has 10 heteroatoms. The molecule has 1 aliphatic rings. The van der Waals surface area contributed by atoms with Crippen LogP contribution in [0.4, 0.5) is 13.2 Å². The normalized spacial score (nSPS) is 20.5. The fourth-order valence-corrected chi connectivity index (χ4v) is 3.67. The van der Waals surface area contributed by atoms with Crippen molar-refractivity contribution >= 4 is 11.6 Å². The Balaban J connectivity index is 1.75. The third kappa shape index (κ3) is 4.40. The first-order valence-corrected chi connectivity index (χ1v) is 9.93. The molecule has 3 heterocycles. The lowest BCUT2D eigenvalue weighted by Crippen LogP contribution is -2.44. The highest BCUT2D eigenvalue weighted by Crippen LogP contribution is 2.32. The van der Waals surface area contributed by atoms with E-state index in [1.165, 1.54) is 11.0 Å². The number of alkyl halides is 3. The van der Waals surface area contributed by atoms with Gasteiger partial charge < -0.3 is 15.1 Å². The van der Waals surface area contributed by atoms with E-state index in [0.717, 1.165) is 6.07 Å². The molecule has 1 aliphatic heterocycles. The van der Waals surface area contributed by atoms with Crippen LogP contribution in [0.1, 0.15) is 35.4 Å². The molecule has 0 radical (unpaired) electrons. The number of aliphatic hydroxyl groups excluding tert-OH is 2. The molecule has 0 unspecified atom stereocenters. The molecule has 31 heavy (non-hydrogen) atoms. The zero-order chi connectivity index (χ0) is 22.2. The number of carbonyl (C=O) groups is 1. The summed E-state index contributed by atoms with van der Waals surface area (Å²) in [6, 6.07) is 10.5. The van der Waals surface area contributed by atoms with Gasteiger partial charge in [0, 0.05) is 24.7 Å². The topological polar surface area (TPSA) is 91.0 Å². The molecule has 0 saturated carbocycles. The van der Waals surface area contributed by atoms with Gasteiger partial charge in [-0.2, -0.15) is 18.3 Å². The Kier molecular flexibility index (Phi) is 5.67. The predicted octanol–water partition coefficient (Wildman–Crippen LogP) is 2.76. The van der Waals surface area contributed by atoms with E-state index in [0.29, 0.717) is 35.9 Å². The van der Waals surface area contributed by atoms with Crippen LogP contribution in [0.2, 0.25) is 0 Å². The van der Waals surface area contributed by atoms with Crippen molar-refractivity contribution in [3.63, 3.8) is 0 Å². The Morgan fingerprint density at radius 2 is 1.81 bits per heavy atom. The molecule has 0 aliphatic carbocycles. The molecule has 0 bridgehead atoms. The molecular weight excluding hydrogens is 413 g/mol. The van der Waals surface area contributed by atoms with E-state index < -0.39 is 30.0 Å². The first kappa shape index (κ1) is 21.3. The summed E-state index contributed by atoms with van der Waals surface area (Å²) in [7, 11) is 0. The number of amides is 1. The highest BCUT2D eigenvalue weighted by molar-refractivity contribution is 5.93. The standard InChI is InChI=1S/C21H21F3N4O3/c22-21(23,24)18-10-14(13-6-2-1-3-7-13)25-19-11-15(26-28(18)19)20(31)27-9-5-4-8-16(29)17(30)12-27/h1-3,6-7,10-11,16-17,29-30H,4-5,8-9,12H2/t16-,17+/m0/s1. The number of fused-ring (bicyclic) bond motifs is 1. The van der Waals surface area contributed by atoms with Gasteiger partial charge in [0.2, 0.25) is 0 Å². The third-order valence-electron chi connectivity index (χ3n) is 5.32. The van der Waals surface area contributed by atoms with Crippen LogP contribution in [-0.2, 0) is 6.18 Å². The average molecular weight is 434 g/mol. The monoisotopic (exact) mass is 434 g/mol. The number of carbonyl (C=O) groups excluding carboxylic acids is 1. The van der Waals surface area contributed by atoms with E-state index in [4.69, 9.17) is 0 Å². The first-order valence-electron chi connectivity index (χ1n) is 9.93. The smallest absolute Gasteiger partial charge is 0.390 e. The summed E-state index contributed by atoms with van der Waals surface area (Å²) >= 11 is 0. The van der Waals surface area contributed by atoms with Crippen molar-refractivity contribution in [2.45, 2.75) is 37.6 Å². The average Bonchev–Trinajstić information content (AvgIpc) is 3.17. The highest BCUT2D eigenvalue weighted by Gasteiger charge is 2.36. The Morgan fingerprint density at radius 1 is 1.06 bits per heavy atom. The van der Waals surface area contributed by atoms with Crippen LogP contribution in [0.3, 0.4) is 0 Å². The van der Waals surface area contributed by atoms with Gasteiger partial charge in [-0.15, -0.1) is 0 Å². The Bertz CT molecular complexity index is 1080. The number of halogens is 3. The van der Waals surface area contributed by atoms with Crippen molar-refractivity contribution in [1.82, 2.24) is 19.5 Å². The number of β-amino-alcohol motifs (C(OH)–C–C–N with tert-alkyl or cyclic N) is 1. The van der Waals surface area contributed by atoms with Crippen LogP contribution in [0.5, 0.6) is 0 Å². The Morgan fingerprint density at radius 3 is 2.52 bits per heavy atom. The molecule has 2 atom stereocenters. The van der Waals surface area contributed by atoms with Gasteiger partial charge in [-0.05, 0) is 25.3 Å². The van der Waals surface area contributed by atoms with Crippen LogP contribution in [0.25, 0.3) is 16.9 Å². The lowest BCUT2D eigenvalue weighted by atomic mass is 10.0. The molecule has 7 nitrogen and oxygen atoms in total. The summed E-state index contributed by atoms with van der Waals surface area (Å²) in [5, 5.41) is 23.8. The molecule has 1 aromatic carbocycles. The van der Waals surface area contributed by atoms with Crippen molar-refractivity contribution < 1.29 is 28.2 Å². The van der Waals surface area contributed by atoms with Crippen molar-refractivity contribution in [1.29, 1.82) is 0 Å². The fourth-order valence-electron chi connectivity index (χ4n) is 3.67. The van der Waals surface area contributed by atoms with Gasteiger partial charge in [0.1, 0.15) is 0 Å². The van der Waals surface area contributed by atoms with Gasteiger partial charge in [-0.3, -0.25) is 4.79 Å². The SMILES string of the molecule is O=C(c1cc2nc(-c3ccccc3)cc(C(F)(F)F)n2n1)N1CCCC[C@H](O)[C@H](O)C1. The van der Waals surface area contributed by atoms with Crippen molar-refractivity contribution in [3.8, 4) is 11.3 Å². The second-order valence-electron chi connectivity index (χ2n) is 7.57. The van der Waals surface area contributed by atoms with E-state index in [9.17, 15) is 28.2 Å². The zero-order valence-electron chi connectivity index (χ0n) is 16.5. The number of benzene rings is 1. The van der Waals surface area contributed by atoms with Gasteiger partial charge in [0.05, 0.1) is 17.9 Å². The van der Waals surface area contributed by atoms with Gasteiger partial charge in [0.15, 0.2) is 17.0 Å². The van der Waals surface area contributed by atoms with E-state index >= 15 is 0 Å². The molecule has 0 spiro atoms. The zero-order valence-corrected chi connectivity index (χ0v) is 16.5. The number of rotatable bonds is 2. The van der Waals surface area contributed by atoms with E-state index in [2.05, 4.69) is 10.1 Å². The summed E-state index contributed by atoms with van der Waals surface area (Å²) < 4.78 is 41.8. The van der Waals surface area contributed by atoms with Gasteiger partial charge in [0.25, 0.3) is 5.91 Å². The number of likely N-dealkylation sites (tertiary alicyclic amines) is 1. The summed E-state index contributed by atoms with van der Waals surface area (Å²) in [5.41, 5.74) is -0.733. The lowest BCUT2D eigenvalue weighted by molar-refractivity contribution is -0.142. The third-order valence-corrected chi connectivity index (χ3v) is 5.32. The quantitative estimate of drug-likeness (QED) is 0.647.